The van der Waals surface area contributed by atoms with Gasteiger partial charge in [0.05, 0.1) is 39.0 Å². The second kappa shape index (κ2) is 10.1. The van der Waals surface area contributed by atoms with Gasteiger partial charge in [0.25, 0.3) is 0 Å². The van der Waals surface area contributed by atoms with Crippen LogP contribution in [0, 0.1) is 34.3 Å². The molecule has 1 saturated heterocycles. The fraction of sp³-hybridized carbons (Fsp3) is 0.333. The van der Waals surface area contributed by atoms with Crippen LogP contribution in [0.25, 0.3) is 0 Å². The Labute approximate surface area is 180 Å². The minimum atomic E-state index is -0.758. The zero-order chi connectivity index (χ0) is 20.7. The van der Waals surface area contributed by atoms with Crippen LogP contribution in [0.3, 0.4) is 0 Å². The van der Waals surface area contributed by atoms with E-state index in [0.29, 0.717) is 39.5 Å². The standard InChI is InChI=1S/C13H13BrFNO.C8H5BrFN/c1-9-7-13(8-16,5-6-17-9)10-3-2-4-11(14)12(10)15;9-7-3-1-2-6(4-5-11)8(7)10/h2-4,9H,5-7H2,1H3;1-3H,4H2/t9-,13-;/m0./s1. The molecule has 7 heteroatoms. The molecule has 0 bridgehead atoms. The van der Waals surface area contributed by atoms with Gasteiger partial charge in [-0.2, -0.15) is 10.5 Å². The molecule has 0 N–H and O–H groups in total. The highest BCUT2D eigenvalue weighted by atomic mass is 79.9. The van der Waals surface area contributed by atoms with Gasteiger partial charge in [-0.05, 0) is 63.8 Å². The van der Waals surface area contributed by atoms with Crippen molar-refractivity contribution in [3.8, 4) is 12.1 Å². The smallest absolute Gasteiger partial charge is 0.142 e. The minimum Gasteiger partial charge on any atom is -0.378 e. The lowest BCUT2D eigenvalue weighted by atomic mass is 9.73. The average molecular weight is 512 g/mol. The molecule has 1 heterocycles. The summed E-state index contributed by atoms with van der Waals surface area (Å²) < 4.78 is 33.4. The Morgan fingerprint density at radius 1 is 1.11 bits per heavy atom. The van der Waals surface area contributed by atoms with Gasteiger partial charge in [-0.3, -0.25) is 0 Å². The third-order valence-electron chi connectivity index (χ3n) is 4.55. The van der Waals surface area contributed by atoms with E-state index < -0.39 is 5.41 Å². The molecule has 0 aliphatic carbocycles. The lowest BCUT2D eigenvalue weighted by Crippen LogP contribution is -2.37. The Morgan fingerprint density at radius 3 is 2.36 bits per heavy atom. The van der Waals surface area contributed by atoms with E-state index >= 15 is 0 Å². The monoisotopic (exact) mass is 510 g/mol. The van der Waals surface area contributed by atoms with Gasteiger partial charge in [0.15, 0.2) is 0 Å². The molecule has 2 aromatic rings. The van der Waals surface area contributed by atoms with Gasteiger partial charge < -0.3 is 4.74 Å². The van der Waals surface area contributed by atoms with Crippen LogP contribution in [0.2, 0.25) is 0 Å². The number of hydrogen-bond donors (Lipinski definition) is 0. The quantitative estimate of drug-likeness (QED) is 0.482. The fourth-order valence-corrected chi connectivity index (χ4v) is 3.91. The molecule has 3 rings (SSSR count). The average Bonchev–Trinajstić information content (AvgIpc) is 2.68. The largest absolute Gasteiger partial charge is 0.378 e. The number of benzene rings is 2. The molecule has 0 aromatic heterocycles. The molecule has 0 saturated carbocycles. The third-order valence-corrected chi connectivity index (χ3v) is 5.77. The molecule has 0 radical (unpaired) electrons. The van der Waals surface area contributed by atoms with Crippen LogP contribution < -0.4 is 0 Å². The summed E-state index contributed by atoms with van der Waals surface area (Å²) in [5, 5.41) is 17.7. The maximum atomic E-state index is 14.1. The summed E-state index contributed by atoms with van der Waals surface area (Å²) in [7, 11) is 0. The van der Waals surface area contributed by atoms with E-state index in [1.54, 1.807) is 36.4 Å². The van der Waals surface area contributed by atoms with Gasteiger partial charge in [0, 0.05) is 17.7 Å². The highest BCUT2D eigenvalue weighted by molar-refractivity contribution is 9.10. The number of ether oxygens (including phenoxy) is 1. The normalized spacial score (nSPS) is 21.0. The van der Waals surface area contributed by atoms with Crippen molar-refractivity contribution >= 4 is 31.9 Å². The van der Waals surface area contributed by atoms with Crippen LogP contribution in [-0.4, -0.2) is 12.7 Å². The van der Waals surface area contributed by atoms with E-state index in [2.05, 4.69) is 37.9 Å². The first-order valence-electron chi connectivity index (χ1n) is 8.62. The molecule has 1 aliphatic heterocycles. The molecule has 0 spiro atoms. The van der Waals surface area contributed by atoms with Crippen LogP contribution in [0.4, 0.5) is 8.78 Å². The summed E-state index contributed by atoms with van der Waals surface area (Å²) in [6.45, 7) is 2.42. The third kappa shape index (κ3) is 5.17. The second-order valence-electron chi connectivity index (χ2n) is 6.48. The van der Waals surface area contributed by atoms with E-state index in [-0.39, 0.29) is 24.2 Å². The lowest BCUT2D eigenvalue weighted by molar-refractivity contribution is 0.00282. The van der Waals surface area contributed by atoms with Crippen molar-refractivity contribution in [3.05, 3.63) is 68.1 Å². The van der Waals surface area contributed by atoms with Crippen LogP contribution in [0.1, 0.15) is 30.9 Å². The van der Waals surface area contributed by atoms with E-state index in [4.69, 9.17) is 10.00 Å². The first-order valence-corrected chi connectivity index (χ1v) is 10.2. The highest BCUT2D eigenvalue weighted by Crippen LogP contribution is 2.39. The zero-order valence-corrected chi connectivity index (χ0v) is 18.4. The van der Waals surface area contributed by atoms with E-state index in [9.17, 15) is 14.0 Å². The summed E-state index contributed by atoms with van der Waals surface area (Å²) in [6, 6.07) is 14.2. The Bertz CT molecular complexity index is 924. The molecular formula is C21H18Br2F2N2O. The van der Waals surface area contributed by atoms with Crippen LogP contribution in [0.5, 0.6) is 0 Å². The van der Waals surface area contributed by atoms with Gasteiger partial charge >= 0.3 is 0 Å². The predicted octanol–water partition coefficient (Wildman–Crippen LogP) is 6.20. The van der Waals surface area contributed by atoms with Crippen molar-refractivity contribution in [2.45, 2.75) is 37.7 Å². The zero-order valence-electron chi connectivity index (χ0n) is 15.2. The van der Waals surface area contributed by atoms with E-state index in [0.717, 1.165) is 0 Å². The maximum Gasteiger partial charge on any atom is 0.142 e. The number of halogens is 4. The fourth-order valence-electron chi connectivity index (χ4n) is 3.14. The Balaban J connectivity index is 0.000000221. The Kier molecular flexibility index (Phi) is 8.12. The molecule has 0 unspecified atom stereocenters. The molecule has 1 fully saturated rings. The number of rotatable bonds is 2. The SMILES string of the molecule is C[C@H]1C[C@@](C#N)(c2cccc(Br)c2F)CCO1.N#CCc1cccc(Br)c1F. The van der Waals surface area contributed by atoms with Gasteiger partial charge in [0.1, 0.15) is 11.6 Å². The molecule has 28 heavy (non-hydrogen) atoms. The van der Waals surface area contributed by atoms with Crippen LogP contribution in [0.15, 0.2) is 45.3 Å². The minimum absolute atomic E-state index is 0.0122. The maximum absolute atomic E-state index is 14.1. The van der Waals surface area contributed by atoms with Crippen molar-refractivity contribution in [1.82, 2.24) is 0 Å². The lowest BCUT2D eigenvalue weighted by Gasteiger charge is -2.35. The number of hydrogen-bond acceptors (Lipinski definition) is 3. The molecular weight excluding hydrogens is 494 g/mol. The van der Waals surface area contributed by atoms with Crippen molar-refractivity contribution < 1.29 is 13.5 Å². The summed E-state index contributed by atoms with van der Waals surface area (Å²) in [6.07, 6.45) is 1.19. The molecule has 3 nitrogen and oxygen atoms in total. The first-order chi connectivity index (χ1) is 13.3. The summed E-state index contributed by atoms with van der Waals surface area (Å²) >= 11 is 6.20. The van der Waals surface area contributed by atoms with Crippen molar-refractivity contribution in [1.29, 1.82) is 10.5 Å². The van der Waals surface area contributed by atoms with Gasteiger partial charge in [-0.25, -0.2) is 8.78 Å². The number of nitriles is 2. The summed E-state index contributed by atoms with van der Waals surface area (Å²) in [5.41, 5.74) is 0.150. The van der Waals surface area contributed by atoms with Crippen molar-refractivity contribution in [3.63, 3.8) is 0 Å². The van der Waals surface area contributed by atoms with Gasteiger partial charge in [0.2, 0.25) is 0 Å². The second-order valence-corrected chi connectivity index (χ2v) is 8.19. The summed E-state index contributed by atoms with van der Waals surface area (Å²) in [5.74, 6) is -0.669. The molecule has 1 aliphatic rings. The molecule has 2 atom stereocenters. The van der Waals surface area contributed by atoms with E-state index in [1.807, 2.05) is 13.0 Å². The molecule has 0 amide bonds. The topological polar surface area (TPSA) is 56.8 Å². The molecule has 146 valence electrons. The van der Waals surface area contributed by atoms with Crippen LogP contribution >= 0.6 is 31.9 Å². The van der Waals surface area contributed by atoms with Gasteiger partial charge in [-0.1, -0.05) is 24.3 Å². The highest BCUT2D eigenvalue weighted by Gasteiger charge is 2.39. The van der Waals surface area contributed by atoms with Crippen molar-refractivity contribution in [2.75, 3.05) is 6.61 Å². The van der Waals surface area contributed by atoms with Crippen molar-refractivity contribution in [2.24, 2.45) is 0 Å². The number of nitrogens with zero attached hydrogens (tertiary/aromatic N) is 2. The summed E-state index contributed by atoms with van der Waals surface area (Å²) in [4.78, 5) is 0. The van der Waals surface area contributed by atoms with E-state index in [1.165, 1.54) is 0 Å². The predicted molar refractivity (Wildman–Crippen MR) is 109 cm³/mol. The molecule has 2 aromatic carbocycles. The first kappa shape index (κ1) is 22.5. The van der Waals surface area contributed by atoms with Crippen LogP contribution in [-0.2, 0) is 16.6 Å². The Morgan fingerprint density at radius 2 is 1.75 bits per heavy atom. The Hall–Kier alpha value is -1.80. The van der Waals surface area contributed by atoms with Gasteiger partial charge in [-0.15, -0.1) is 0 Å².